The van der Waals surface area contributed by atoms with E-state index in [9.17, 15) is 4.79 Å². The third-order valence-electron chi connectivity index (χ3n) is 4.39. The summed E-state index contributed by atoms with van der Waals surface area (Å²) in [5.74, 6) is 0.720. The quantitative estimate of drug-likeness (QED) is 0.523. The number of nitrogens with one attached hydrogen (secondary N) is 2. The molecule has 0 saturated heterocycles. The van der Waals surface area contributed by atoms with Gasteiger partial charge in [0, 0.05) is 16.8 Å². The zero-order valence-electron chi connectivity index (χ0n) is 14.9. The highest BCUT2D eigenvalue weighted by atomic mass is 16.1. The number of aromatic amines is 1. The molecule has 0 spiro atoms. The molecule has 0 fully saturated rings. The third kappa shape index (κ3) is 3.80. The number of carbonyl (C=O) groups is 1. The molecule has 0 aliphatic rings. The van der Waals surface area contributed by atoms with Gasteiger partial charge in [-0.1, -0.05) is 60.2 Å². The number of imidazole rings is 1. The van der Waals surface area contributed by atoms with Gasteiger partial charge in [-0.3, -0.25) is 4.79 Å². The van der Waals surface area contributed by atoms with E-state index in [1.54, 1.807) is 12.1 Å². The van der Waals surface area contributed by atoms with E-state index in [2.05, 4.69) is 46.5 Å². The highest BCUT2D eigenvalue weighted by Crippen LogP contribution is 2.24. The van der Waals surface area contributed by atoms with E-state index in [4.69, 9.17) is 0 Å². The zero-order chi connectivity index (χ0) is 18.6. The molecule has 0 bridgehead atoms. The molecular formula is C23H19N3O. The fraction of sp³-hybridized carbons (Fsp3) is 0.0435. The lowest BCUT2D eigenvalue weighted by molar-refractivity contribution is 0.102. The van der Waals surface area contributed by atoms with Crippen molar-refractivity contribution in [1.82, 2.24) is 9.97 Å². The highest BCUT2D eigenvalue weighted by molar-refractivity contribution is 6.04. The van der Waals surface area contributed by atoms with Crippen LogP contribution < -0.4 is 5.32 Å². The van der Waals surface area contributed by atoms with Crippen LogP contribution in [0.5, 0.6) is 0 Å². The summed E-state index contributed by atoms with van der Waals surface area (Å²) in [5, 5.41) is 2.91. The van der Waals surface area contributed by atoms with Gasteiger partial charge in [-0.15, -0.1) is 0 Å². The van der Waals surface area contributed by atoms with Gasteiger partial charge in [-0.05, 0) is 36.8 Å². The van der Waals surface area contributed by atoms with E-state index < -0.39 is 0 Å². The lowest BCUT2D eigenvalue weighted by Gasteiger charge is -2.06. The van der Waals surface area contributed by atoms with Gasteiger partial charge in [-0.2, -0.15) is 0 Å². The van der Waals surface area contributed by atoms with Crippen LogP contribution in [-0.4, -0.2) is 15.9 Å². The van der Waals surface area contributed by atoms with Crippen molar-refractivity contribution in [2.45, 2.75) is 6.92 Å². The molecule has 1 amide bonds. The summed E-state index contributed by atoms with van der Waals surface area (Å²) in [6, 6.07) is 25.1. The Bertz CT molecular complexity index is 1050. The van der Waals surface area contributed by atoms with E-state index in [0.717, 1.165) is 28.3 Å². The van der Waals surface area contributed by atoms with Crippen LogP contribution in [0.1, 0.15) is 15.9 Å². The number of nitrogens with zero attached hydrogens (tertiary/aromatic N) is 1. The topological polar surface area (TPSA) is 57.8 Å². The second-order valence-corrected chi connectivity index (χ2v) is 6.41. The molecule has 4 nitrogen and oxygen atoms in total. The Hall–Kier alpha value is -3.66. The Morgan fingerprint density at radius 1 is 0.852 bits per heavy atom. The van der Waals surface area contributed by atoms with Crippen LogP contribution in [-0.2, 0) is 0 Å². The van der Waals surface area contributed by atoms with Crippen LogP contribution >= 0.6 is 0 Å². The summed E-state index contributed by atoms with van der Waals surface area (Å²) in [6.07, 6.45) is 1.83. The number of benzene rings is 3. The smallest absolute Gasteiger partial charge is 0.255 e. The number of hydrogen-bond donors (Lipinski definition) is 2. The summed E-state index contributed by atoms with van der Waals surface area (Å²) in [5.41, 5.74) is 5.62. The van der Waals surface area contributed by atoms with Gasteiger partial charge in [0.15, 0.2) is 0 Å². The predicted octanol–water partition coefficient (Wildman–Crippen LogP) is 5.30. The predicted molar refractivity (Wildman–Crippen MR) is 109 cm³/mol. The monoisotopic (exact) mass is 353 g/mol. The Morgan fingerprint density at radius 2 is 1.52 bits per heavy atom. The molecule has 0 saturated carbocycles. The van der Waals surface area contributed by atoms with Gasteiger partial charge in [-0.25, -0.2) is 4.98 Å². The zero-order valence-corrected chi connectivity index (χ0v) is 14.9. The van der Waals surface area contributed by atoms with Crippen molar-refractivity contribution in [3.63, 3.8) is 0 Å². The van der Waals surface area contributed by atoms with Crippen molar-refractivity contribution in [3.05, 3.63) is 96.2 Å². The Kier molecular flexibility index (Phi) is 4.54. The summed E-state index contributed by atoms with van der Waals surface area (Å²) in [7, 11) is 0. The van der Waals surface area contributed by atoms with Gasteiger partial charge in [0.05, 0.1) is 11.9 Å². The number of anilines is 1. The van der Waals surface area contributed by atoms with Crippen LogP contribution in [0.15, 0.2) is 85.1 Å². The molecule has 132 valence electrons. The van der Waals surface area contributed by atoms with Crippen molar-refractivity contribution in [2.75, 3.05) is 5.32 Å². The fourth-order valence-electron chi connectivity index (χ4n) is 2.85. The standard InChI is InChI=1S/C23H19N3O/c1-16-7-9-18(10-8-16)22-24-15-21(26-22)17-11-13-20(14-12-17)25-23(27)19-5-3-2-4-6-19/h2-15H,1H3,(H,24,26)(H,25,27). The molecule has 0 radical (unpaired) electrons. The highest BCUT2D eigenvalue weighted by Gasteiger charge is 2.07. The van der Waals surface area contributed by atoms with Crippen molar-refractivity contribution < 1.29 is 4.79 Å². The number of aryl methyl sites for hydroxylation is 1. The van der Waals surface area contributed by atoms with Crippen LogP contribution in [0.25, 0.3) is 22.6 Å². The second-order valence-electron chi connectivity index (χ2n) is 6.41. The van der Waals surface area contributed by atoms with Crippen molar-refractivity contribution >= 4 is 11.6 Å². The third-order valence-corrected chi connectivity index (χ3v) is 4.39. The number of amides is 1. The first kappa shape index (κ1) is 16.8. The van der Waals surface area contributed by atoms with Gasteiger partial charge in [0.25, 0.3) is 5.91 Å². The summed E-state index contributed by atoms with van der Waals surface area (Å²) < 4.78 is 0. The van der Waals surface area contributed by atoms with Gasteiger partial charge in [0.2, 0.25) is 0 Å². The first-order valence-corrected chi connectivity index (χ1v) is 8.78. The number of H-pyrrole nitrogens is 1. The van der Waals surface area contributed by atoms with Crippen molar-refractivity contribution in [2.24, 2.45) is 0 Å². The Morgan fingerprint density at radius 3 is 2.22 bits per heavy atom. The minimum atomic E-state index is -0.119. The largest absolute Gasteiger partial charge is 0.338 e. The summed E-state index contributed by atoms with van der Waals surface area (Å²) >= 11 is 0. The minimum Gasteiger partial charge on any atom is -0.338 e. The molecule has 2 N–H and O–H groups in total. The SMILES string of the molecule is Cc1ccc(-c2ncc(-c3ccc(NC(=O)c4ccccc4)cc3)[nH]2)cc1. The normalized spacial score (nSPS) is 10.6. The number of rotatable bonds is 4. The Balaban J connectivity index is 1.49. The molecule has 0 unspecified atom stereocenters. The molecule has 3 aromatic carbocycles. The van der Waals surface area contributed by atoms with Gasteiger partial charge < -0.3 is 10.3 Å². The molecule has 0 aliphatic carbocycles. The lowest BCUT2D eigenvalue weighted by atomic mass is 10.1. The molecule has 4 heteroatoms. The second kappa shape index (κ2) is 7.30. The first-order chi connectivity index (χ1) is 13.2. The van der Waals surface area contributed by atoms with Crippen molar-refractivity contribution in [1.29, 1.82) is 0 Å². The number of aromatic nitrogens is 2. The molecule has 4 rings (SSSR count). The molecule has 27 heavy (non-hydrogen) atoms. The average Bonchev–Trinajstić information content (AvgIpc) is 3.20. The fourth-order valence-corrected chi connectivity index (χ4v) is 2.85. The number of hydrogen-bond acceptors (Lipinski definition) is 2. The maximum atomic E-state index is 12.2. The van der Waals surface area contributed by atoms with E-state index in [1.165, 1.54) is 5.56 Å². The van der Waals surface area contributed by atoms with Crippen LogP contribution in [0, 0.1) is 6.92 Å². The average molecular weight is 353 g/mol. The van der Waals surface area contributed by atoms with Crippen LogP contribution in [0.4, 0.5) is 5.69 Å². The molecule has 1 aromatic heterocycles. The summed E-state index contributed by atoms with van der Waals surface area (Å²) in [6.45, 7) is 2.06. The summed E-state index contributed by atoms with van der Waals surface area (Å²) in [4.78, 5) is 20.1. The van der Waals surface area contributed by atoms with Gasteiger partial charge >= 0.3 is 0 Å². The molecule has 1 heterocycles. The number of carbonyl (C=O) groups excluding carboxylic acids is 1. The molecule has 0 aliphatic heterocycles. The first-order valence-electron chi connectivity index (χ1n) is 8.78. The molecular weight excluding hydrogens is 334 g/mol. The Labute approximate surface area is 157 Å². The van der Waals surface area contributed by atoms with E-state index in [0.29, 0.717) is 5.56 Å². The lowest BCUT2D eigenvalue weighted by Crippen LogP contribution is -2.11. The minimum absolute atomic E-state index is 0.119. The van der Waals surface area contributed by atoms with Crippen LogP contribution in [0.3, 0.4) is 0 Å². The van der Waals surface area contributed by atoms with Gasteiger partial charge in [0.1, 0.15) is 5.82 Å². The van der Waals surface area contributed by atoms with Crippen LogP contribution in [0.2, 0.25) is 0 Å². The van der Waals surface area contributed by atoms with Crippen molar-refractivity contribution in [3.8, 4) is 22.6 Å². The maximum Gasteiger partial charge on any atom is 0.255 e. The van der Waals surface area contributed by atoms with E-state index in [-0.39, 0.29) is 5.91 Å². The molecule has 4 aromatic rings. The van der Waals surface area contributed by atoms with E-state index in [1.807, 2.05) is 48.7 Å². The van der Waals surface area contributed by atoms with E-state index >= 15 is 0 Å². The maximum absolute atomic E-state index is 12.2. The molecule has 0 atom stereocenters.